The lowest BCUT2D eigenvalue weighted by atomic mass is 10.1. The van der Waals surface area contributed by atoms with Gasteiger partial charge < -0.3 is 15.4 Å². The molecule has 0 aliphatic rings. The first-order valence-corrected chi connectivity index (χ1v) is 7.85. The number of ether oxygens (including phenoxy) is 1. The minimum atomic E-state index is -0.329. The number of amides is 1. The zero-order valence-corrected chi connectivity index (χ0v) is 15.2. The molecule has 2 aromatic rings. The second kappa shape index (κ2) is 7.05. The highest BCUT2D eigenvalue weighted by molar-refractivity contribution is 6.31. The molecule has 0 spiro atoms. The molecule has 24 heavy (non-hydrogen) atoms. The van der Waals surface area contributed by atoms with Gasteiger partial charge in [-0.05, 0) is 51.5 Å². The van der Waals surface area contributed by atoms with Gasteiger partial charge in [0.15, 0.2) is 11.5 Å². The first-order chi connectivity index (χ1) is 11.2. The van der Waals surface area contributed by atoms with E-state index in [4.69, 9.17) is 16.3 Å². The Balaban J connectivity index is 2.18. The quantitative estimate of drug-likeness (QED) is 0.880. The second-order valence-electron chi connectivity index (χ2n) is 6.43. The van der Waals surface area contributed by atoms with E-state index in [1.165, 1.54) is 0 Å². The summed E-state index contributed by atoms with van der Waals surface area (Å²) in [6.07, 6.45) is 0. The summed E-state index contributed by atoms with van der Waals surface area (Å²) in [7, 11) is 1.57. The van der Waals surface area contributed by atoms with E-state index in [2.05, 4.69) is 20.8 Å². The molecule has 0 atom stereocenters. The van der Waals surface area contributed by atoms with Gasteiger partial charge in [0, 0.05) is 16.6 Å². The number of benzene rings is 1. The molecular formula is C17H21ClN4O2. The molecule has 0 aliphatic carbocycles. The van der Waals surface area contributed by atoms with E-state index in [1.54, 1.807) is 25.3 Å². The Kier molecular flexibility index (Phi) is 5.29. The average Bonchev–Trinajstić information content (AvgIpc) is 2.49. The molecule has 2 rings (SSSR count). The van der Waals surface area contributed by atoms with Gasteiger partial charge in [-0.2, -0.15) is 0 Å². The van der Waals surface area contributed by atoms with E-state index >= 15 is 0 Å². The Hall–Kier alpha value is -2.34. The zero-order valence-electron chi connectivity index (χ0n) is 14.4. The molecule has 0 aliphatic heterocycles. The Bertz CT molecular complexity index is 739. The van der Waals surface area contributed by atoms with Crippen molar-refractivity contribution in [2.75, 3.05) is 12.4 Å². The molecule has 1 aromatic heterocycles. The van der Waals surface area contributed by atoms with Crippen molar-refractivity contribution in [2.24, 2.45) is 0 Å². The summed E-state index contributed by atoms with van der Waals surface area (Å²) < 4.78 is 5.31. The molecule has 0 unspecified atom stereocenters. The number of aromatic nitrogens is 2. The van der Waals surface area contributed by atoms with E-state index in [0.717, 1.165) is 11.3 Å². The molecule has 0 fully saturated rings. The molecule has 0 saturated carbocycles. The fourth-order valence-corrected chi connectivity index (χ4v) is 2.15. The topological polar surface area (TPSA) is 76.1 Å². The Morgan fingerprint density at radius 1 is 1.21 bits per heavy atom. The molecule has 0 saturated heterocycles. The highest BCUT2D eigenvalue weighted by atomic mass is 35.5. The average molecular weight is 349 g/mol. The fraction of sp³-hybridized carbons (Fsp3) is 0.353. The van der Waals surface area contributed by atoms with E-state index in [0.29, 0.717) is 16.6 Å². The molecule has 6 nitrogen and oxygen atoms in total. The van der Waals surface area contributed by atoms with Crippen molar-refractivity contribution < 1.29 is 9.53 Å². The molecule has 1 heterocycles. The SMILES string of the molecule is COc1cc(Cl)c(C)cc1Nc1ccc(C(=O)NC(C)(C)C)nn1. The van der Waals surface area contributed by atoms with Crippen LogP contribution < -0.4 is 15.4 Å². The predicted molar refractivity (Wildman–Crippen MR) is 95.3 cm³/mol. The van der Waals surface area contributed by atoms with E-state index in [1.807, 2.05) is 33.8 Å². The van der Waals surface area contributed by atoms with Crippen LogP contribution in [0.3, 0.4) is 0 Å². The summed E-state index contributed by atoms with van der Waals surface area (Å²) in [5.74, 6) is 0.839. The van der Waals surface area contributed by atoms with Gasteiger partial charge in [0.1, 0.15) is 5.75 Å². The normalized spacial score (nSPS) is 11.1. The maximum atomic E-state index is 12.0. The van der Waals surface area contributed by atoms with Crippen LogP contribution in [0.5, 0.6) is 5.75 Å². The summed E-state index contributed by atoms with van der Waals surface area (Å²) in [5, 5.41) is 14.6. The van der Waals surface area contributed by atoms with Crippen molar-refractivity contribution in [3.63, 3.8) is 0 Å². The fourth-order valence-electron chi connectivity index (χ4n) is 1.99. The number of nitrogens with zero attached hydrogens (tertiary/aromatic N) is 2. The Morgan fingerprint density at radius 2 is 1.92 bits per heavy atom. The van der Waals surface area contributed by atoms with Gasteiger partial charge in [0.2, 0.25) is 0 Å². The number of hydrogen-bond acceptors (Lipinski definition) is 5. The minimum Gasteiger partial charge on any atom is -0.495 e. The predicted octanol–water partition coefficient (Wildman–Crippen LogP) is 3.72. The van der Waals surface area contributed by atoms with Gasteiger partial charge in [-0.1, -0.05) is 11.6 Å². The smallest absolute Gasteiger partial charge is 0.272 e. The van der Waals surface area contributed by atoms with Crippen LogP contribution in [0.25, 0.3) is 0 Å². The molecule has 2 N–H and O–H groups in total. The summed E-state index contributed by atoms with van der Waals surface area (Å²) in [6.45, 7) is 7.62. The molecule has 0 bridgehead atoms. The number of methoxy groups -OCH3 is 1. The first kappa shape index (κ1) is 18.0. The number of carbonyl (C=O) groups excluding carboxylic acids is 1. The van der Waals surface area contributed by atoms with Crippen molar-refractivity contribution in [1.82, 2.24) is 15.5 Å². The third-order valence-corrected chi connectivity index (χ3v) is 3.54. The van der Waals surface area contributed by atoms with Crippen molar-refractivity contribution in [2.45, 2.75) is 33.2 Å². The lowest BCUT2D eigenvalue weighted by Crippen LogP contribution is -2.41. The first-order valence-electron chi connectivity index (χ1n) is 7.47. The van der Waals surface area contributed by atoms with Crippen LogP contribution in [-0.4, -0.2) is 28.8 Å². The van der Waals surface area contributed by atoms with Crippen LogP contribution in [0.2, 0.25) is 5.02 Å². The summed E-state index contributed by atoms with van der Waals surface area (Å²) >= 11 is 6.10. The molecule has 0 radical (unpaired) electrons. The highest BCUT2D eigenvalue weighted by Gasteiger charge is 2.17. The van der Waals surface area contributed by atoms with Gasteiger partial charge in [-0.3, -0.25) is 4.79 Å². The lowest BCUT2D eigenvalue weighted by molar-refractivity contribution is 0.0913. The molecular weight excluding hydrogens is 328 g/mol. The number of nitrogens with one attached hydrogen (secondary N) is 2. The second-order valence-corrected chi connectivity index (χ2v) is 6.84. The summed E-state index contributed by atoms with van der Waals surface area (Å²) in [6, 6.07) is 6.90. The number of carbonyl (C=O) groups is 1. The number of aryl methyl sites for hydroxylation is 1. The summed E-state index contributed by atoms with van der Waals surface area (Å²) in [4.78, 5) is 12.0. The standard InChI is InChI=1S/C17H21ClN4O2/c1-10-8-13(14(24-5)9-11(10)18)19-15-7-6-12(21-22-15)16(23)20-17(2,3)4/h6-9H,1-5H3,(H,19,22)(H,20,23). The van der Waals surface area contributed by atoms with Gasteiger partial charge in [-0.25, -0.2) is 0 Å². The van der Waals surface area contributed by atoms with Crippen LogP contribution in [0.15, 0.2) is 24.3 Å². The largest absolute Gasteiger partial charge is 0.495 e. The molecule has 7 heteroatoms. The maximum absolute atomic E-state index is 12.0. The monoisotopic (exact) mass is 348 g/mol. The Labute approximate surface area is 146 Å². The minimum absolute atomic E-state index is 0.259. The number of halogens is 1. The molecule has 1 aromatic carbocycles. The number of hydrogen-bond donors (Lipinski definition) is 2. The van der Waals surface area contributed by atoms with Gasteiger partial charge in [0.25, 0.3) is 5.91 Å². The van der Waals surface area contributed by atoms with Crippen LogP contribution in [0, 0.1) is 6.92 Å². The maximum Gasteiger partial charge on any atom is 0.272 e. The van der Waals surface area contributed by atoms with E-state index in [-0.39, 0.29) is 17.1 Å². The van der Waals surface area contributed by atoms with Crippen molar-refractivity contribution in [3.8, 4) is 5.75 Å². The van der Waals surface area contributed by atoms with Crippen LogP contribution in [0.1, 0.15) is 36.8 Å². The van der Waals surface area contributed by atoms with Crippen molar-refractivity contribution >= 4 is 29.0 Å². The number of anilines is 2. The molecule has 1 amide bonds. The Morgan fingerprint density at radius 3 is 2.46 bits per heavy atom. The van der Waals surface area contributed by atoms with Gasteiger partial charge in [0.05, 0.1) is 12.8 Å². The zero-order chi connectivity index (χ0) is 17.9. The third-order valence-electron chi connectivity index (χ3n) is 3.13. The van der Waals surface area contributed by atoms with Crippen molar-refractivity contribution in [1.29, 1.82) is 0 Å². The van der Waals surface area contributed by atoms with Gasteiger partial charge in [-0.15, -0.1) is 10.2 Å². The van der Waals surface area contributed by atoms with Crippen LogP contribution in [-0.2, 0) is 0 Å². The summed E-state index contributed by atoms with van der Waals surface area (Å²) in [5.41, 5.74) is 1.56. The van der Waals surface area contributed by atoms with E-state index < -0.39 is 0 Å². The molecule has 128 valence electrons. The highest BCUT2D eigenvalue weighted by Crippen LogP contribution is 2.32. The van der Waals surface area contributed by atoms with Crippen molar-refractivity contribution in [3.05, 3.63) is 40.5 Å². The van der Waals surface area contributed by atoms with Crippen LogP contribution in [0.4, 0.5) is 11.5 Å². The van der Waals surface area contributed by atoms with E-state index in [9.17, 15) is 4.79 Å². The van der Waals surface area contributed by atoms with Gasteiger partial charge >= 0.3 is 0 Å². The van der Waals surface area contributed by atoms with Crippen LogP contribution >= 0.6 is 11.6 Å². The number of rotatable bonds is 4. The third kappa shape index (κ3) is 4.58. The lowest BCUT2D eigenvalue weighted by Gasteiger charge is -2.19.